The van der Waals surface area contributed by atoms with E-state index >= 15 is 0 Å². The molecule has 8 heteroatoms. The van der Waals surface area contributed by atoms with Gasteiger partial charge in [-0.1, -0.05) is 37.0 Å². The lowest BCUT2D eigenvalue weighted by Gasteiger charge is -2.12. The van der Waals surface area contributed by atoms with Crippen molar-refractivity contribution in [3.8, 4) is 17.2 Å². The Balaban J connectivity index is 2.07. The molecule has 0 fully saturated rings. The van der Waals surface area contributed by atoms with Crippen LogP contribution in [-0.4, -0.2) is 26.9 Å². The van der Waals surface area contributed by atoms with Gasteiger partial charge in [0, 0.05) is 0 Å². The molecule has 0 saturated heterocycles. The third kappa shape index (κ3) is 3.59. The van der Waals surface area contributed by atoms with Gasteiger partial charge in [-0.15, -0.1) is 0 Å². The number of aromatic hydroxyl groups is 3. The Morgan fingerprint density at radius 3 is 2.22 bits per heavy atom. The van der Waals surface area contributed by atoms with Crippen LogP contribution in [0.1, 0.15) is 19.4 Å². The maximum Gasteiger partial charge on any atom is 0.280 e. The van der Waals surface area contributed by atoms with E-state index in [1.54, 1.807) is 18.2 Å². The highest BCUT2D eigenvalue weighted by Crippen LogP contribution is 2.37. The molecular formula is C19H16Cl2N2O4. The zero-order valence-corrected chi connectivity index (χ0v) is 16.0. The van der Waals surface area contributed by atoms with Crippen LogP contribution in [0.5, 0.6) is 17.2 Å². The van der Waals surface area contributed by atoms with Crippen molar-refractivity contribution in [2.24, 2.45) is 11.0 Å². The molecule has 0 bridgehead atoms. The Kier molecular flexibility index (Phi) is 5.04. The lowest BCUT2D eigenvalue weighted by molar-refractivity contribution is -0.114. The molecule has 0 saturated carbocycles. The van der Waals surface area contributed by atoms with Gasteiger partial charge in [0.2, 0.25) is 0 Å². The third-order valence-electron chi connectivity index (χ3n) is 4.00. The smallest absolute Gasteiger partial charge is 0.280 e. The molecule has 0 aromatic heterocycles. The molecule has 3 N–H and O–H groups in total. The summed E-state index contributed by atoms with van der Waals surface area (Å²) in [5, 5.41) is 35.2. The van der Waals surface area contributed by atoms with E-state index in [9.17, 15) is 20.1 Å². The molecule has 0 spiro atoms. The van der Waals surface area contributed by atoms with Gasteiger partial charge in [0.1, 0.15) is 0 Å². The van der Waals surface area contributed by atoms with Gasteiger partial charge in [0.25, 0.3) is 5.91 Å². The van der Waals surface area contributed by atoms with Crippen molar-refractivity contribution >= 4 is 46.6 Å². The van der Waals surface area contributed by atoms with Crippen molar-refractivity contribution in [1.29, 1.82) is 0 Å². The van der Waals surface area contributed by atoms with E-state index in [0.29, 0.717) is 32.6 Å². The van der Waals surface area contributed by atoms with E-state index in [4.69, 9.17) is 23.2 Å². The van der Waals surface area contributed by atoms with Crippen LogP contribution in [0.25, 0.3) is 6.08 Å². The van der Waals surface area contributed by atoms with Crippen LogP contribution in [0.4, 0.5) is 5.69 Å². The highest BCUT2D eigenvalue weighted by atomic mass is 35.5. The van der Waals surface area contributed by atoms with Gasteiger partial charge in [0.05, 0.1) is 27.0 Å². The highest BCUT2D eigenvalue weighted by Gasteiger charge is 2.32. The second kappa shape index (κ2) is 7.13. The largest absolute Gasteiger partial charge is 0.504 e. The van der Waals surface area contributed by atoms with Crippen molar-refractivity contribution in [3.05, 3.63) is 51.5 Å². The first-order valence-corrected chi connectivity index (χ1v) is 8.79. The van der Waals surface area contributed by atoms with Crippen LogP contribution in [0.15, 0.2) is 41.0 Å². The van der Waals surface area contributed by atoms with Gasteiger partial charge in [-0.05, 0) is 47.9 Å². The van der Waals surface area contributed by atoms with Gasteiger partial charge in [0.15, 0.2) is 17.2 Å². The lowest BCUT2D eigenvalue weighted by Crippen LogP contribution is -2.21. The number of carbonyl (C=O) groups is 1. The predicted octanol–water partition coefficient (Wildman–Crippen LogP) is 4.55. The first kappa shape index (κ1) is 19.1. The Morgan fingerprint density at radius 1 is 1.04 bits per heavy atom. The highest BCUT2D eigenvalue weighted by molar-refractivity contribution is 6.42. The van der Waals surface area contributed by atoms with Crippen molar-refractivity contribution in [1.82, 2.24) is 0 Å². The summed E-state index contributed by atoms with van der Waals surface area (Å²) >= 11 is 12.0. The Morgan fingerprint density at radius 2 is 1.67 bits per heavy atom. The quantitative estimate of drug-likeness (QED) is 0.514. The second-order valence-electron chi connectivity index (χ2n) is 6.32. The van der Waals surface area contributed by atoms with Gasteiger partial charge in [-0.3, -0.25) is 4.79 Å². The van der Waals surface area contributed by atoms with Gasteiger partial charge in [-0.2, -0.15) is 10.1 Å². The minimum Gasteiger partial charge on any atom is -0.504 e. The Bertz CT molecular complexity index is 976. The fraction of sp³-hybridized carbons (Fsp3) is 0.158. The average molecular weight is 407 g/mol. The fourth-order valence-corrected chi connectivity index (χ4v) is 2.95. The molecule has 1 aliphatic rings. The Hall–Kier alpha value is -2.70. The molecule has 0 aliphatic carbocycles. The van der Waals surface area contributed by atoms with E-state index in [1.807, 2.05) is 13.8 Å². The average Bonchev–Trinajstić information content (AvgIpc) is 2.92. The number of nitrogens with zero attached hydrogens (tertiary/aromatic N) is 2. The minimum atomic E-state index is -0.620. The van der Waals surface area contributed by atoms with Crippen LogP contribution in [-0.2, 0) is 4.79 Å². The number of benzene rings is 2. The predicted molar refractivity (Wildman–Crippen MR) is 106 cm³/mol. The zero-order valence-electron chi connectivity index (χ0n) is 14.4. The molecule has 3 rings (SSSR count). The molecule has 2 aromatic rings. The molecule has 1 heterocycles. The van der Waals surface area contributed by atoms with E-state index in [1.165, 1.54) is 23.2 Å². The molecule has 0 radical (unpaired) electrons. The van der Waals surface area contributed by atoms with Crippen molar-refractivity contribution in [2.45, 2.75) is 13.8 Å². The standard InChI is InChI=1S/C19H16Cl2N2O4/c1-9(2)17-12(5-10-6-15(24)18(26)16(25)7-10)19(27)23(22-17)11-3-4-13(20)14(21)8-11/h3-9,24-26H,1-2H3/b12-5+. The summed E-state index contributed by atoms with van der Waals surface area (Å²) in [6, 6.07) is 7.25. The number of phenolic OH excluding ortho intramolecular Hbond substituents is 3. The van der Waals surface area contributed by atoms with Gasteiger partial charge < -0.3 is 15.3 Å². The topological polar surface area (TPSA) is 93.4 Å². The second-order valence-corrected chi connectivity index (χ2v) is 7.14. The van der Waals surface area contributed by atoms with E-state index in [2.05, 4.69) is 5.10 Å². The number of rotatable bonds is 3. The number of halogens is 2. The van der Waals surface area contributed by atoms with E-state index in [-0.39, 0.29) is 11.8 Å². The number of hydrogen-bond donors (Lipinski definition) is 3. The monoisotopic (exact) mass is 406 g/mol. The summed E-state index contributed by atoms with van der Waals surface area (Å²) in [6.45, 7) is 3.79. The summed E-state index contributed by atoms with van der Waals surface area (Å²) in [6.07, 6.45) is 1.50. The molecule has 2 aromatic carbocycles. The van der Waals surface area contributed by atoms with Crippen LogP contribution in [0.3, 0.4) is 0 Å². The summed E-state index contributed by atoms with van der Waals surface area (Å²) in [5.74, 6) is -2.05. The molecular weight excluding hydrogens is 391 g/mol. The number of anilines is 1. The van der Waals surface area contributed by atoms with Crippen molar-refractivity contribution < 1.29 is 20.1 Å². The molecule has 0 unspecified atom stereocenters. The fourth-order valence-electron chi connectivity index (χ4n) is 2.66. The maximum atomic E-state index is 13.0. The maximum absolute atomic E-state index is 13.0. The summed E-state index contributed by atoms with van der Waals surface area (Å²) < 4.78 is 0. The minimum absolute atomic E-state index is 0.0627. The summed E-state index contributed by atoms with van der Waals surface area (Å²) in [4.78, 5) is 13.0. The first-order valence-electron chi connectivity index (χ1n) is 8.04. The zero-order chi connectivity index (χ0) is 19.9. The molecule has 27 heavy (non-hydrogen) atoms. The van der Waals surface area contributed by atoms with Crippen LogP contribution in [0.2, 0.25) is 10.0 Å². The van der Waals surface area contributed by atoms with Gasteiger partial charge in [-0.25, -0.2) is 0 Å². The van der Waals surface area contributed by atoms with E-state index in [0.717, 1.165) is 0 Å². The van der Waals surface area contributed by atoms with Crippen LogP contribution in [0, 0.1) is 5.92 Å². The number of phenols is 3. The molecule has 6 nitrogen and oxygen atoms in total. The number of amides is 1. The third-order valence-corrected chi connectivity index (χ3v) is 4.74. The van der Waals surface area contributed by atoms with Crippen LogP contribution < -0.4 is 5.01 Å². The summed E-state index contributed by atoms with van der Waals surface area (Å²) in [5.41, 5.74) is 1.65. The molecule has 0 atom stereocenters. The molecule has 1 aliphatic heterocycles. The lowest BCUT2D eigenvalue weighted by atomic mass is 9.98. The van der Waals surface area contributed by atoms with Gasteiger partial charge >= 0.3 is 0 Å². The van der Waals surface area contributed by atoms with Crippen molar-refractivity contribution in [3.63, 3.8) is 0 Å². The van der Waals surface area contributed by atoms with E-state index < -0.39 is 17.2 Å². The van der Waals surface area contributed by atoms with Crippen LogP contribution >= 0.6 is 23.2 Å². The first-order chi connectivity index (χ1) is 12.7. The number of hydrazone groups is 1. The normalized spacial score (nSPS) is 15.7. The number of carbonyl (C=O) groups excluding carboxylic acids is 1. The van der Waals surface area contributed by atoms with Crippen molar-refractivity contribution in [2.75, 3.05) is 5.01 Å². The number of hydrogen-bond acceptors (Lipinski definition) is 5. The SMILES string of the molecule is CC(C)C1=NN(c2ccc(Cl)c(Cl)c2)C(=O)/C1=C/c1cc(O)c(O)c(O)c1. The molecule has 140 valence electrons. The summed E-state index contributed by atoms with van der Waals surface area (Å²) in [7, 11) is 0. The molecule has 1 amide bonds. The Labute approximate surface area is 165 Å².